The van der Waals surface area contributed by atoms with Crippen molar-refractivity contribution in [3.63, 3.8) is 0 Å². The first kappa shape index (κ1) is 15.2. The van der Waals surface area contributed by atoms with Gasteiger partial charge in [0.05, 0.1) is 0 Å². The number of hydrogen-bond donors (Lipinski definition) is 1. The molecule has 4 nitrogen and oxygen atoms in total. The number of urea groups is 1. The topological polar surface area (TPSA) is 49.4 Å². The normalized spacial score (nSPS) is 11.8. The molecule has 1 rings (SSSR count). The number of rotatable bonds is 5. The summed E-state index contributed by atoms with van der Waals surface area (Å²) in [6.07, 6.45) is 2.01. The molecule has 0 saturated carbocycles. The summed E-state index contributed by atoms with van der Waals surface area (Å²) >= 11 is 0. The van der Waals surface area contributed by atoms with Crippen LogP contribution in [-0.4, -0.2) is 29.8 Å². The van der Waals surface area contributed by atoms with E-state index in [9.17, 15) is 9.59 Å². The van der Waals surface area contributed by atoms with Crippen molar-refractivity contribution in [2.75, 3.05) is 12.4 Å². The van der Waals surface area contributed by atoms with E-state index in [0.717, 1.165) is 12.8 Å². The average molecular weight is 262 g/mol. The second-order valence-electron chi connectivity index (χ2n) is 4.82. The van der Waals surface area contributed by atoms with Crippen molar-refractivity contribution < 1.29 is 9.59 Å². The maximum absolute atomic E-state index is 12.0. The van der Waals surface area contributed by atoms with Crippen LogP contribution in [0, 0.1) is 0 Å². The molecule has 1 atom stereocenters. The van der Waals surface area contributed by atoms with Crippen LogP contribution in [0.5, 0.6) is 0 Å². The molecule has 0 spiro atoms. The Morgan fingerprint density at radius 1 is 1.37 bits per heavy atom. The van der Waals surface area contributed by atoms with Crippen molar-refractivity contribution in [2.45, 2.75) is 39.7 Å². The molecule has 0 saturated heterocycles. The highest BCUT2D eigenvalue weighted by Crippen LogP contribution is 2.13. The molecule has 4 heteroatoms. The molecular weight excluding hydrogens is 240 g/mol. The first-order valence-corrected chi connectivity index (χ1v) is 6.60. The van der Waals surface area contributed by atoms with Gasteiger partial charge in [-0.15, -0.1) is 0 Å². The van der Waals surface area contributed by atoms with E-state index in [1.54, 1.807) is 36.2 Å². The Bertz CT molecular complexity index is 457. The van der Waals surface area contributed by atoms with E-state index >= 15 is 0 Å². The predicted molar refractivity (Wildman–Crippen MR) is 77.6 cm³/mol. The molecule has 2 amide bonds. The maximum Gasteiger partial charge on any atom is 0.321 e. The largest absolute Gasteiger partial charge is 0.325 e. The van der Waals surface area contributed by atoms with Gasteiger partial charge < -0.3 is 10.2 Å². The van der Waals surface area contributed by atoms with Crippen LogP contribution in [0.25, 0.3) is 0 Å². The van der Waals surface area contributed by atoms with E-state index < -0.39 is 0 Å². The minimum Gasteiger partial charge on any atom is -0.325 e. The van der Waals surface area contributed by atoms with Gasteiger partial charge in [-0.1, -0.05) is 25.5 Å². The molecule has 1 aromatic rings. The third-order valence-corrected chi connectivity index (χ3v) is 3.21. The van der Waals surface area contributed by atoms with Crippen molar-refractivity contribution in [3.8, 4) is 0 Å². The van der Waals surface area contributed by atoms with Gasteiger partial charge in [0, 0.05) is 24.3 Å². The number of Topliss-reactive ketones (excluding diaryl/α,β-unsaturated/α-hetero) is 1. The molecular formula is C15H22N2O2. The van der Waals surface area contributed by atoms with E-state index in [0.29, 0.717) is 11.3 Å². The molecule has 0 aliphatic heterocycles. The Hall–Kier alpha value is -1.84. The molecule has 0 fully saturated rings. The third kappa shape index (κ3) is 4.39. The summed E-state index contributed by atoms with van der Waals surface area (Å²) in [5.41, 5.74) is 1.25. The van der Waals surface area contributed by atoms with E-state index in [-0.39, 0.29) is 17.9 Å². The van der Waals surface area contributed by atoms with Crippen molar-refractivity contribution in [1.82, 2.24) is 4.90 Å². The van der Waals surface area contributed by atoms with Gasteiger partial charge in [0.15, 0.2) is 5.78 Å². The van der Waals surface area contributed by atoms with Crippen LogP contribution in [-0.2, 0) is 0 Å². The third-order valence-electron chi connectivity index (χ3n) is 3.21. The number of benzene rings is 1. The fraction of sp³-hybridized carbons (Fsp3) is 0.467. The Morgan fingerprint density at radius 2 is 2.05 bits per heavy atom. The lowest BCUT2D eigenvalue weighted by Gasteiger charge is -2.25. The van der Waals surface area contributed by atoms with Crippen LogP contribution in [0.15, 0.2) is 24.3 Å². The number of amides is 2. The summed E-state index contributed by atoms with van der Waals surface area (Å²) in [5.74, 6) is -0.0104. The van der Waals surface area contributed by atoms with Crippen LogP contribution < -0.4 is 5.32 Å². The van der Waals surface area contributed by atoms with Gasteiger partial charge in [0.1, 0.15) is 0 Å². The van der Waals surface area contributed by atoms with Gasteiger partial charge in [-0.2, -0.15) is 0 Å². The highest BCUT2D eigenvalue weighted by Gasteiger charge is 2.15. The molecule has 0 unspecified atom stereocenters. The Labute approximate surface area is 114 Å². The summed E-state index contributed by atoms with van der Waals surface area (Å²) in [7, 11) is 1.78. The first-order chi connectivity index (χ1) is 8.95. The maximum atomic E-state index is 12.0. The SMILES string of the molecule is CCC[C@H](C)N(C)C(=O)Nc1cccc(C(C)=O)c1. The minimum atomic E-state index is -0.151. The van der Waals surface area contributed by atoms with Crippen molar-refractivity contribution in [3.05, 3.63) is 29.8 Å². The smallest absolute Gasteiger partial charge is 0.321 e. The molecule has 0 bridgehead atoms. The van der Waals surface area contributed by atoms with E-state index in [1.165, 1.54) is 6.92 Å². The Balaban J connectivity index is 2.71. The number of nitrogens with zero attached hydrogens (tertiary/aromatic N) is 1. The van der Waals surface area contributed by atoms with Gasteiger partial charge in [-0.3, -0.25) is 4.79 Å². The van der Waals surface area contributed by atoms with Crippen LogP contribution >= 0.6 is 0 Å². The zero-order chi connectivity index (χ0) is 14.4. The number of carbonyl (C=O) groups excluding carboxylic acids is 2. The number of ketones is 1. The summed E-state index contributed by atoms with van der Waals surface area (Å²) in [4.78, 5) is 25.0. The highest BCUT2D eigenvalue weighted by molar-refractivity contribution is 5.96. The number of nitrogens with one attached hydrogen (secondary N) is 1. The summed E-state index contributed by atoms with van der Waals surface area (Å²) in [6.45, 7) is 5.63. The zero-order valence-corrected chi connectivity index (χ0v) is 12.1. The number of hydrogen-bond acceptors (Lipinski definition) is 2. The van der Waals surface area contributed by atoms with Gasteiger partial charge in [-0.05, 0) is 32.4 Å². The summed E-state index contributed by atoms with van der Waals surface area (Å²) < 4.78 is 0. The highest BCUT2D eigenvalue weighted by atomic mass is 16.2. The Morgan fingerprint density at radius 3 is 2.63 bits per heavy atom. The predicted octanol–water partition coefficient (Wildman–Crippen LogP) is 3.54. The summed E-state index contributed by atoms with van der Waals surface area (Å²) in [5, 5.41) is 2.81. The van der Waals surface area contributed by atoms with Crippen molar-refractivity contribution in [2.24, 2.45) is 0 Å². The standard InChI is InChI=1S/C15H22N2O2/c1-5-7-11(2)17(4)15(19)16-14-9-6-8-13(10-14)12(3)18/h6,8-11H,5,7H2,1-4H3,(H,16,19)/t11-/m0/s1. The molecule has 0 heterocycles. The van der Waals surface area contributed by atoms with Gasteiger partial charge in [0.2, 0.25) is 0 Å². The quantitative estimate of drug-likeness (QED) is 0.825. The molecule has 104 valence electrons. The molecule has 0 radical (unpaired) electrons. The first-order valence-electron chi connectivity index (χ1n) is 6.60. The molecule has 0 aromatic heterocycles. The Kier molecular flexibility index (Phi) is 5.55. The number of carbonyl (C=O) groups is 2. The lowest BCUT2D eigenvalue weighted by Crippen LogP contribution is -2.38. The van der Waals surface area contributed by atoms with Crippen LogP contribution in [0.3, 0.4) is 0 Å². The van der Waals surface area contributed by atoms with E-state index in [2.05, 4.69) is 12.2 Å². The second-order valence-corrected chi connectivity index (χ2v) is 4.82. The molecule has 0 aliphatic rings. The van der Waals surface area contributed by atoms with Gasteiger partial charge in [-0.25, -0.2) is 4.79 Å². The van der Waals surface area contributed by atoms with Gasteiger partial charge >= 0.3 is 6.03 Å². The number of anilines is 1. The summed E-state index contributed by atoms with van der Waals surface area (Å²) in [6, 6.07) is 7.02. The lowest BCUT2D eigenvalue weighted by molar-refractivity contribution is 0.101. The van der Waals surface area contributed by atoms with E-state index in [4.69, 9.17) is 0 Å². The van der Waals surface area contributed by atoms with Crippen molar-refractivity contribution >= 4 is 17.5 Å². The zero-order valence-electron chi connectivity index (χ0n) is 12.1. The second kappa shape index (κ2) is 6.92. The van der Waals surface area contributed by atoms with Crippen LogP contribution in [0.4, 0.5) is 10.5 Å². The molecule has 19 heavy (non-hydrogen) atoms. The molecule has 0 aliphatic carbocycles. The van der Waals surface area contributed by atoms with Crippen LogP contribution in [0.1, 0.15) is 44.0 Å². The van der Waals surface area contributed by atoms with Gasteiger partial charge in [0.25, 0.3) is 0 Å². The fourth-order valence-electron chi connectivity index (χ4n) is 1.84. The van der Waals surface area contributed by atoms with Crippen LogP contribution in [0.2, 0.25) is 0 Å². The molecule has 1 aromatic carbocycles. The van der Waals surface area contributed by atoms with E-state index in [1.807, 2.05) is 6.92 Å². The fourth-order valence-corrected chi connectivity index (χ4v) is 1.84. The van der Waals surface area contributed by atoms with Crippen molar-refractivity contribution in [1.29, 1.82) is 0 Å². The monoisotopic (exact) mass is 262 g/mol. The lowest BCUT2D eigenvalue weighted by atomic mass is 10.1. The minimum absolute atomic E-state index is 0.0104. The molecule has 1 N–H and O–H groups in total. The average Bonchev–Trinajstić information content (AvgIpc) is 2.38.